The highest BCUT2D eigenvalue weighted by atomic mass is 16.5. The van der Waals surface area contributed by atoms with Crippen molar-refractivity contribution < 1.29 is 14.2 Å². The normalized spacial score (nSPS) is 11.1. The molecular weight excluding hydrogens is 294 g/mol. The Hall–Kier alpha value is -2.53. The van der Waals surface area contributed by atoms with Crippen LogP contribution in [0, 0.1) is 6.92 Å². The third-order valence-electron chi connectivity index (χ3n) is 3.87. The van der Waals surface area contributed by atoms with E-state index in [1.807, 2.05) is 31.2 Å². The molecule has 0 fully saturated rings. The van der Waals surface area contributed by atoms with Gasteiger partial charge in [0.1, 0.15) is 18.1 Å². The van der Waals surface area contributed by atoms with Crippen LogP contribution in [0.1, 0.15) is 5.56 Å². The Labute approximate surface area is 133 Å². The number of aromatic nitrogens is 1. The molecule has 0 aliphatic carbocycles. The van der Waals surface area contributed by atoms with E-state index in [9.17, 15) is 4.79 Å². The van der Waals surface area contributed by atoms with Gasteiger partial charge in [0.2, 0.25) is 0 Å². The molecule has 0 aliphatic heterocycles. The zero-order valence-electron chi connectivity index (χ0n) is 13.4. The van der Waals surface area contributed by atoms with E-state index in [0.29, 0.717) is 46.5 Å². The lowest BCUT2D eigenvalue weighted by atomic mass is 10.1. The van der Waals surface area contributed by atoms with Gasteiger partial charge in [0.05, 0.1) is 24.8 Å². The number of methoxy groups -OCH3 is 2. The average Bonchev–Trinajstić information content (AvgIpc) is 2.56. The summed E-state index contributed by atoms with van der Waals surface area (Å²) in [6, 6.07) is 9.16. The van der Waals surface area contributed by atoms with Crippen LogP contribution in [-0.4, -0.2) is 32.4 Å². The maximum Gasteiger partial charge on any atom is 0.197 e. The number of hydrogen-bond donors (Lipinski definition) is 1. The average molecular weight is 313 g/mol. The maximum atomic E-state index is 12.8. The first kappa shape index (κ1) is 15.4. The van der Waals surface area contributed by atoms with Crippen LogP contribution in [-0.2, 0) is 4.74 Å². The Morgan fingerprint density at radius 3 is 2.52 bits per heavy atom. The second-order valence-corrected chi connectivity index (χ2v) is 5.31. The molecule has 0 aliphatic rings. The monoisotopic (exact) mass is 313 g/mol. The minimum atomic E-state index is -0.0377. The number of aryl methyl sites for hydroxylation is 1. The highest BCUT2D eigenvalue weighted by Crippen LogP contribution is 2.30. The van der Waals surface area contributed by atoms with Crippen LogP contribution in [0.3, 0.4) is 0 Å². The predicted molar refractivity (Wildman–Crippen MR) is 90.7 cm³/mol. The fraction of sp³-hybridized carbons (Fsp3) is 0.278. The van der Waals surface area contributed by atoms with Crippen LogP contribution >= 0.6 is 0 Å². The Kier molecular flexibility index (Phi) is 4.21. The van der Waals surface area contributed by atoms with Gasteiger partial charge in [-0.05, 0) is 30.7 Å². The smallest absolute Gasteiger partial charge is 0.197 e. The number of ether oxygens (including phenoxy) is 3. The molecule has 3 aromatic rings. The van der Waals surface area contributed by atoms with Crippen LogP contribution in [0.25, 0.3) is 21.8 Å². The van der Waals surface area contributed by atoms with Crippen molar-refractivity contribution in [2.24, 2.45) is 0 Å². The minimum absolute atomic E-state index is 0.0377. The lowest BCUT2D eigenvalue weighted by molar-refractivity contribution is 0.147. The summed E-state index contributed by atoms with van der Waals surface area (Å²) < 4.78 is 16.2. The Bertz CT molecular complexity index is 914. The second kappa shape index (κ2) is 6.30. The molecule has 0 saturated carbocycles. The van der Waals surface area contributed by atoms with Crippen molar-refractivity contribution in [1.82, 2.24) is 4.98 Å². The number of para-hydroxylation sites is 1. The van der Waals surface area contributed by atoms with Gasteiger partial charge in [-0.3, -0.25) is 4.79 Å². The summed E-state index contributed by atoms with van der Waals surface area (Å²) in [5.41, 5.74) is 2.29. The highest BCUT2D eigenvalue weighted by Gasteiger charge is 2.13. The number of fused-ring (bicyclic) bond motifs is 2. The minimum Gasteiger partial charge on any atom is -0.494 e. The third kappa shape index (κ3) is 2.64. The maximum absolute atomic E-state index is 12.8. The van der Waals surface area contributed by atoms with E-state index >= 15 is 0 Å². The van der Waals surface area contributed by atoms with E-state index in [4.69, 9.17) is 14.2 Å². The number of hydrogen-bond acceptors (Lipinski definition) is 4. The van der Waals surface area contributed by atoms with Crippen LogP contribution in [0.4, 0.5) is 0 Å². The van der Waals surface area contributed by atoms with Crippen molar-refractivity contribution in [1.29, 1.82) is 0 Å². The summed E-state index contributed by atoms with van der Waals surface area (Å²) in [5.74, 6) is 1.30. The molecule has 5 nitrogen and oxygen atoms in total. The molecule has 2 aromatic carbocycles. The molecule has 3 rings (SSSR count). The third-order valence-corrected chi connectivity index (χ3v) is 3.87. The highest BCUT2D eigenvalue weighted by molar-refractivity contribution is 5.97. The molecule has 0 unspecified atom stereocenters. The van der Waals surface area contributed by atoms with E-state index in [0.717, 1.165) is 5.56 Å². The molecule has 0 bridgehead atoms. The van der Waals surface area contributed by atoms with Crippen molar-refractivity contribution in [3.63, 3.8) is 0 Å². The molecule has 1 N–H and O–H groups in total. The summed E-state index contributed by atoms with van der Waals surface area (Å²) in [6.07, 6.45) is 0. The summed E-state index contributed by atoms with van der Waals surface area (Å²) in [5, 5.41) is 1.20. The van der Waals surface area contributed by atoms with Crippen molar-refractivity contribution in [2.45, 2.75) is 6.92 Å². The SMILES string of the molecule is COCCOc1cccc2c(=O)c3ccc(C)c(OC)c3[nH]c12. The van der Waals surface area contributed by atoms with Crippen molar-refractivity contribution >= 4 is 21.8 Å². The van der Waals surface area contributed by atoms with E-state index in [1.54, 1.807) is 20.3 Å². The first-order valence-corrected chi connectivity index (χ1v) is 7.41. The van der Waals surface area contributed by atoms with Gasteiger partial charge in [-0.15, -0.1) is 0 Å². The summed E-state index contributed by atoms with van der Waals surface area (Å²) in [4.78, 5) is 16.1. The van der Waals surface area contributed by atoms with Crippen molar-refractivity contribution in [3.8, 4) is 11.5 Å². The molecule has 0 radical (unpaired) electrons. The molecule has 0 atom stereocenters. The van der Waals surface area contributed by atoms with Gasteiger partial charge in [-0.25, -0.2) is 0 Å². The van der Waals surface area contributed by atoms with Crippen LogP contribution < -0.4 is 14.9 Å². The number of rotatable bonds is 5. The van der Waals surface area contributed by atoms with Crippen LogP contribution in [0.2, 0.25) is 0 Å². The number of pyridine rings is 1. The topological polar surface area (TPSA) is 60.6 Å². The first-order chi connectivity index (χ1) is 11.2. The molecule has 120 valence electrons. The molecule has 5 heteroatoms. The molecule has 23 heavy (non-hydrogen) atoms. The van der Waals surface area contributed by atoms with Crippen molar-refractivity contribution in [3.05, 3.63) is 46.1 Å². The predicted octanol–water partition coefficient (Wildman–Crippen LogP) is 3.02. The summed E-state index contributed by atoms with van der Waals surface area (Å²) >= 11 is 0. The van der Waals surface area contributed by atoms with Gasteiger partial charge < -0.3 is 19.2 Å². The van der Waals surface area contributed by atoms with E-state index in [1.165, 1.54) is 0 Å². The van der Waals surface area contributed by atoms with Gasteiger partial charge in [-0.2, -0.15) is 0 Å². The number of H-pyrrole nitrogens is 1. The number of nitrogens with one attached hydrogen (secondary N) is 1. The zero-order valence-corrected chi connectivity index (χ0v) is 13.4. The molecule has 1 heterocycles. The molecule has 0 spiro atoms. The summed E-state index contributed by atoms with van der Waals surface area (Å²) in [6.45, 7) is 2.85. The number of aromatic amines is 1. The van der Waals surface area contributed by atoms with Gasteiger partial charge in [0, 0.05) is 17.9 Å². The Balaban J connectivity index is 2.29. The Morgan fingerprint density at radius 2 is 1.78 bits per heavy atom. The largest absolute Gasteiger partial charge is 0.494 e. The Morgan fingerprint density at radius 1 is 1.00 bits per heavy atom. The quantitative estimate of drug-likeness (QED) is 0.581. The first-order valence-electron chi connectivity index (χ1n) is 7.41. The van der Waals surface area contributed by atoms with Gasteiger partial charge in [-0.1, -0.05) is 12.1 Å². The fourth-order valence-electron chi connectivity index (χ4n) is 2.74. The fourth-order valence-corrected chi connectivity index (χ4v) is 2.74. The van der Waals surface area contributed by atoms with E-state index in [-0.39, 0.29) is 5.43 Å². The van der Waals surface area contributed by atoms with E-state index in [2.05, 4.69) is 4.98 Å². The second-order valence-electron chi connectivity index (χ2n) is 5.31. The zero-order chi connectivity index (χ0) is 16.4. The van der Waals surface area contributed by atoms with Crippen molar-refractivity contribution in [2.75, 3.05) is 27.4 Å². The molecule has 0 amide bonds. The van der Waals surface area contributed by atoms with Crippen LogP contribution in [0.5, 0.6) is 11.5 Å². The van der Waals surface area contributed by atoms with Gasteiger partial charge in [0.15, 0.2) is 5.43 Å². The van der Waals surface area contributed by atoms with Gasteiger partial charge in [0.25, 0.3) is 0 Å². The molecule has 1 aromatic heterocycles. The van der Waals surface area contributed by atoms with E-state index < -0.39 is 0 Å². The van der Waals surface area contributed by atoms with Gasteiger partial charge >= 0.3 is 0 Å². The summed E-state index contributed by atoms with van der Waals surface area (Å²) in [7, 11) is 3.22. The molecular formula is C18H19NO4. The van der Waals surface area contributed by atoms with Crippen LogP contribution in [0.15, 0.2) is 35.1 Å². The standard InChI is InChI=1S/C18H19NO4/c1-11-7-8-13-16(18(11)22-3)19-15-12(17(13)20)5-4-6-14(15)23-10-9-21-2/h4-8H,9-10H2,1-3H3,(H,19,20). The molecule has 0 saturated heterocycles. The lowest BCUT2D eigenvalue weighted by Gasteiger charge is -2.12. The lowest BCUT2D eigenvalue weighted by Crippen LogP contribution is -2.09. The number of benzene rings is 2.